The normalized spacial score (nSPS) is 10.5. The minimum atomic E-state index is -0.479. The summed E-state index contributed by atoms with van der Waals surface area (Å²) in [5.41, 5.74) is 1.98. The van der Waals surface area contributed by atoms with Crippen molar-refractivity contribution in [3.63, 3.8) is 0 Å². The maximum Gasteiger partial charge on any atom is 0.325 e. The van der Waals surface area contributed by atoms with Gasteiger partial charge < -0.3 is 19.4 Å². The third-order valence-corrected chi connectivity index (χ3v) is 3.97. The number of fused-ring (bicyclic) bond motifs is 1. The van der Waals surface area contributed by atoms with Gasteiger partial charge in [-0.25, -0.2) is 0 Å². The molecule has 0 aliphatic carbocycles. The van der Waals surface area contributed by atoms with Gasteiger partial charge in [-0.15, -0.1) is 0 Å². The van der Waals surface area contributed by atoms with Crippen molar-refractivity contribution in [2.24, 2.45) is 0 Å². The lowest BCUT2D eigenvalue weighted by molar-refractivity contribution is -0.141. The van der Waals surface area contributed by atoms with Crippen LogP contribution in [0.15, 0.2) is 60.8 Å². The van der Waals surface area contributed by atoms with Crippen LogP contribution in [0.1, 0.15) is 5.56 Å². The largest absolute Gasteiger partial charge is 0.489 e. The average Bonchev–Trinajstić information content (AvgIpc) is 3.07. The van der Waals surface area contributed by atoms with Gasteiger partial charge in [-0.05, 0) is 29.1 Å². The van der Waals surface area contributed by atoms with Crippen molar-refractivity contribution >= 4 is 22.8 Å². The van der Waals surface area contributed by atoms with Crippen LogP contribution >= 0.6 is 0 Å². The zero-order valence-electron chi connectivity index (χ0n) is 14.5. The zero-order valence-corrected chi connectivity index (χ0v) is 14.5. The lowest BCUT2D eigenvalue weighted by Gasteiger charge is -2.09. The highest BCUT2D eigenvalue weighted by atomic mass is 16.5. The molecule has 134 valence electrons. The number of methoxy groups -OCH3 is 1. The predicted octanol–water partition coefficient (Wildman–Crippen LogP) is 2.51. The summed E-state index contributed by atoms with van der Waals surface area (Å²) in [6.45, 7) is 0.454. The molecule has 3 aromatic rings. The molecule has 1 aromatic heterocycles. The topological polar surface area (TPSA) is 69.6 Å². The summed E-state index contributed by atoms with van der Waals surface area (Å²) in [5, 5.41) is 3.54. The van der Waals surface area contributed by atoms with Gasteiger partial charge in [0.2, 0.25) is 5.91 Å². The number of esters is 1. The molecule has 1 amide bonds. The van der Waals surface area contributed by atoms with Crippen molar-refractivity contribution in [2.75, 3.05) is 13.7 Å². The molecule has 0 atom stereocenters. The zero-order chi connectivity index (χ0) is 18.4. The van der Waals surface area contributed by atoms with Crippen molar-refractivity contribution < 1.29 is 19.1 Å². The van der Waals surface area contributed by atoms with E-state index in [0.717, 1.165) is 22.2 Å². The van der Waals surface area contributed by atoms with E-state index in [1.54, 1.807) is 0 Å². The Kier molecular flexibility index (Phi) is 5.53. The van der Waals surface area contributed by atoms with Crippen molar-refractivity contribution in [1.82, 2.24) is 9.88 Å². The van der Waals surface area contributed by atoms with Gasteiger partial charge in [0.15, 0.2) is 0 Å². The Morgan fingerprint density at radius 3 is 2.65 bits per heavy atom. The number of aromatic nitrogens is 1. The molecule has 0 spiro atoms. The minimum Gasteiger partial charge on any atom is -0.489 e. The number of carbonyl (C=O) groups is 2. The number of rotatable bonds is 7. The molecule has 0 aliphatic rings. The van der Waals surface area contributed by atoms with Crippen LogP contribution in [-0.2, 0) is 27.5 Å². The quantitative estimate of drug-likeness (QED) is 0.664. The van der Waals surface area contributed by atoms with Gasteiger partial charge >= 0.3 is 5.97 Å². The maximum atomic E-state index is 12.0. The summed E-state index contributed by atoms with van der Waals surface area (Å²) in [4.78, 5) is 23.1. The van der Waals surface area contributed by atoms with E-state index in [-0.39, 0.29) is 19.0 Å². The van der Waals surface area contributed by atoms with Crippen LogP contribution in [0.25, 0.3) is 10.9 Å². The Morgan fingerprint density at radius 2 is 1.88 bits per heavy atom. The number of ether oxygens (including phenoxy) is 2. The molecule has 0 saturated carbocycles. The summed E-state index contributed by atoms with van der Waals surface area (Å²) < 4.78 is 12.2. The summed E-state index contributed by atoms with van der Waals surface area (Å²) in [5.74, 6) is -0.00732. The Hall–Kier alpha value is -3.28. The van der Waals surface area contributed by atoms with Crippen LogP contribution in [0.5, 0.6) is 5.75 Å². The standard InChI is InChI=1S/C20H20N2O4/c1-25-20(24)12-21-19(23)13-22-10-9-16-7-8-17(11-18(16)22)26-14-15-5-3-2-4-6-15/h2-11H,12-14H2,1H3,(H,21,23). The fourth-order valence-corrected chi connectivity index (χ4v) is 2.59. The molecule has 3 rings (SSSR count). The third-order valence-electron chi connectivity index (χ3n) is 3.97. The molecule has 1 N–H and O–H groups in total. The van der Waals surface area contributed by atoms with Crippen LogP contribution in [0, 0.1) is 0 Å². The van der Waals surface area contributed by atoms with Crippen molar-refractivity contribution in [3.8, 4) is 5.75 Å². The molecular formula is C20H20N2O4. The summed E-state index contributed by atoms with van der Waals surface area (Å²) in [6.07, 6.45) is 1.84. The van der Waals surface area contributed by atoms with Crippen molar-refractivity contribution in [1.29, 1.82) is 0 Å². The maximum absolute atomic E-state index is 12.0. The highest BCUT2D eigenvalue weighted by Crippen LogP contribution is 2.23. The van der Waals surface area contributed by atoms with Crippen LogP contribution in [-0.4, -0.2) is 30.1 Å². The van der Waals surface area contributed by atoms with E-state index in [1.165, 1.54) is 7.11 Å². The lowest BCUT2D eigenvalue weighted by Crippen LogP contribution is -2.32. The Balaban J connectivity index is 1.67. The van der Waals surface area contributed by atoms with E-state index in [2.05, 4.69) is 10.1 Å². The predicted molar refractivity (Wildman–Crippen MR) is 97.7 cm³/mol. The van der Waals surface area contributed by atoms with E-state index in [4.69, 9.17) is 4.74 Å². The first-order valence-corrected chi connectivity index (χ1v) is 8.25. The van der Waals surface area contributed by atoms with E-state index in [9.17, 15) is 9.59 Å². The highest BCUT2D eigenvalue weighted by molar-refractivity contribution is 5.85. The Morgan fingerprint density at radius 1 is 1.08 bits per heavy atom. The fraction of sp³-hybridized carbons (Fsp3) is 0.200. The highest BCUT2D eigenvalue weighted by Gasteiger charge is 2.09. The van der Waals surface area contributed by atoms with Crippen LogP contribution in [0.2, 0.25) is 0 Å². The monoisotopic (exact) mass is 352 g/mol. The van der Waals surface area contributed by atoms with Gasteiger partial charge in [-0.3, -0.25) is 9.59 Å². The van der Waals surface area contributed by atoms with Gasteiger partial charge in [0.1, 0.15) is 25.4 Å². The molecule has 2 aromatic carbocycles. The molecule has 26 heavy (non-hydrogen) atoms. The van der Waals surface area contributed by atoms with E-state index >= 15 is 0 Å². The third kappa shape index (κ3) is 4.42. The van der Waals surface area contributed by atoms with Crippen molar-refractivity contribution in [3.05, 3.63) is 66.4 Å². The first-order chi connectivity index (χ1) is 12.7. The fourth-order valence-electron chi connectivity index (χ4n) is 2.59. The minimum absolute atomic E-state index is 0.114. The summed E-state index contributed by atoms with van der Waals surface area (Å²) >= 11 is 0. The van der Waals surface area contributed by atoms with Crippen LogP contribution in [0.3, 0.4) is 0 Å². The van der Waals surface area contributed by atoms with Gasteiger partial charge in [0, 0.05) is 12.3 Å². The van der Waals surface area contributed by atoms with Crippen LogP contribution in [0.4, 0.5) is 0 Å². The smallest absolute Gasteiger partial charge is 0.325 e. The molecule has 0 saturated heterocycles. The van der Waals surface area contributed by atoms with E-state index in [0.29, 0.717) is 6.61 Å². The number of hydrogen-bond donors (Lipinski definition) is 1. The van der Waals surface area contributed by atoms with E-state index < -0.39 is 5.97 Å². The molecule has 0 fully saturated rings. The van der Waals surface area contributed by atoms with E-state index in [1.807, 2.05) is 65.4 Å². The number of benzene rings is 2. The lowest BCUT2D eigenvalue weighted by atomic mass is 10.2. The first-order valence-electron chi connectivity index (χ1n) is 8.25. The number of nitrogens with zero attached hydrogens (tertiary/aromatic N) is 1. The average molecular weight is 352 g/mol. The van der Waals surface area contributed by atoms with Gasteiger partial charge in [0.05, 0.1) is 12.6 Å². The Labute approximate surface area is 151 Å². The number of amides is 1. The van der Waals surface area contributed by atoms with Crippen LogP contribution < -0.4 is 10.1 Å². The molecular weight excluding hydrogens is 332 g/mol. The second kappa shape index (κ2) is 8.20. The summed E-state index contributed by atoms with van der Waals surface area (Å²) in [7, 11) is 1.28. The summed E-state index contributed by atoms with van der Waals surface area (Å²) in [6, 6.07) is 17.6. The van der Waals surface area contributed by atoms with Gasteiger partial charge in [-0.1, -0.05) is 30.3 Å². The molecule has 0 bridgehead atoms. The molecule has 1 heterocycles. The number of carbonyl (C=O) groups excluding carboxylic acids is 2. The second-order valence-corrected chi connectivity index (χ2v) is 5.79. The first kappa shape index (κ1) is 17.5. The molecule has 0 unspecified atom stereocenters. The SMILES string of the molecule is COC(=O)CNC(=O)Cn1ccc2ccc(OCc3ccccc3)cc21. The number of hydrogen-bond acceptors (Lipinski definition) is 4. The van der Waals surface area contributed by atoms with Gasteiger partial charge in [-0.2, -0.15) is 0 Å². The van der Waals surface area contributed by atoms with Crippen molar-refractivity contribution in [2.45, 2.75) is 13.2 Å². The number of nitrogens with one attached hydrogen (secondary N) is 1. The van der Waals surface area contributed by atoms with Gasteiger partial charge in [0.25, 0.3) is 0 Å². The molecule has 0 aliphatic heterocycles. The molecule has 6 nitrogen and oxygen atoms in total. The second-order valence-electron chi connectivity index (χ2n) is 5.79. The molecule has 0 radical (unpaired) electrons. The Bertz CT molecular complexity index is 903. The molecule has 6 heteroatoms.